The first-order valence-electron chi connectivity index (χ1n) is 8.93. The number of nitrogens with one attached hydrogen (secondary N) is 2. The van der Waals surface area contributed by atoms with Crippen molar-refractivity contribution in [3.63, 3.8) is 0 Å². The predicted molar refractivity (Wildman–Crippen MR) is 106 cm³/mol. The van der Waals surface area contributed by atoms with E-state index in [-0.39, 0.29) is 17.8 Å². The standard InChI is InChI=1S/C19H18BrFN6O/c20-13-8-22-19(23-9-13)24-10-15-2-1-7-27(15)18(28)17-16(11-25-26-17)12-3-5-14(21)6-4-12/h3-6,8-9,11,15H,1-2,7,10H2,(H,25,26)(H,22,23,24). The van der Waals surface area contributed by atoms with Crippen molar-refractivity contribution in [3.8, 4) is 11.1 Å². The zero-order valence-electron chi connectivity index (χ0n) is 14.9. The summed E-state index contributed by atoms with van der Waals surface area (Å²) in [5.74, 6) is 0.0925. The summed E-state index contributed by atoms with van der Waals surface area (Å²) >= 11 is 3.31. The largest absolute Gasteiger partial charge is 0.352 e. The van der Waals surface area contributed by atoms with E-state index in [1.54, 1.807) is 30.7 Å². The van der Waals surface area contributed by atoms with Crippen LogP contribution in [0.2, 0.25) is 0 Å². The van der Waals surface area contributed by atoms with Crippen LogP contribution in [-0.4, -0.2) is 50.1 Å². The molecule has 4 rings (SSSR count). The molecule has 1 aliphatic heterocycles. The molecule has 28 heavy (non-hydrogen) atoms. The van der Waals surface area contributed by atoms with Gasteiger partial charge in [0.05, 0.1) is 10.7 Å². The van der Waals surface area contributed by atoms with Crippen LogP contribution in [0.25, 0.3) is 11.1 Å². The van der Waals surface area contributed by atoms with Crippen LogP contribution in [0.4, 0.5) is 10.3 Å². The van der Waals surface area contributed by atoms with E-state index in [0.29, 0.717) is 30.3 Å². The molecule has 1 fully saturated rings. The van der Waals surface area contributed by atoms with Crippen LogP contribution >= 0.6 is 15.9 Å². The van der Waals surface area contributed by atoms with Crippen molar-refractivity contribution in [2.75, 3.05) is 18.4 Å². The molecule has 1 aromatic carbocycles. The number of likely N-dealkylation sites (tertiary alicyclic amines) is 1. The van der Waals surface area contributed by atoms with Gasteiger partial charge in [-0.05, 0) is 46.5 Å². The van der Waals surface area contributed by atoms with E-state index >= 15 is 0 Å². The van der Waals surface area contributed by atoms with E-state index in [9.17, 15) is 9.18 Å². The van der Waals surface area contributed by atoms with Gasteiger partial charge in [-0.15, -0.1) is 0 Å². The summed E-state index contributed by atoms with van der Waals surface area (Å²) < 4.78 is 14.0. The van der Waals surface area contributed by atoms with Gasteiger partial charge in [0.1, 0.15) is 11.5 Å². The highest BCUT2D eigenvalue weighted by atomic mass is 79.9. The van der Waals surface area contributed by atoms with Gasteiger partial charge in [0.15, 0.2) is 0 Å². The van der Waals surface area contributed by atoms with Crippen LogP contribution in [0, 0.1) is 5.82 Å². The van der Waals surface area contributed by atoms with Crippen molar-refractivity contribution in [1.29, 1.82) is 0 Å². The van der Waals surface area contributed by atoms with E-state index in [0.717, 1.165) is 22.9 Å². The Morgan fingerprint density at radius 1 is 1.25 bits per heavy atom. The van der Waals surface area contributed by atoms with Crippen LogP contribution in [0.3, 0.4) is 0 Å². The highest BCUT2D eigenvalue weighted by Gasteiger charge is 2.31. The molecule has 7 nitrogen and oxygen atoms in total. The van der Waals surface area contributed by atoms with Gasteiger partial charge in [-0.1, -0.05) is 12.1 Å². The van der Waals surface area contributed by atoms with Crippen LogP contribution in [-0.2, 0) is 0 Å². The molecule has 3 aromatic rings. The second-order valence-electron chi connectivity index (χ2n) is 6.57. The second kappa shape index (κ2) is 8.05. The Labute approximate surface area is 169 Å². The number of carbonyl (C=O) groups is 1. The normalized spacial score (nSPS) is 16.4. The summed E-state index contributed by atoms with van der Waals surface area (Å²) in [7, 11) is 0. The lowest BCUT2D eigenvalue weighted by Gasteiger charge is -2.25. The molecule has 2 N–H and O–H groups in total. The number of aromatic nitrogens is 4. The number of benzene rings is 1. The third kappa shape index (κ3) is 3.89. The van der Waals surface area contributed by atoms with Crippen LogP contribution < -0.4 is 5.32 Å². The molecule has 1 saturated heterocycles. The van der Waals surface area contributed by atoms with Gasteiger partial charge in [-0.25, -0.2) is 14.4 Å². The number of amides is 1. The van der Waals surface area contributed by atoms with Gasteiger partial charge in [0, 0.05) is 37.1 Å². The molecule has 3 heterocycles. The highest BCUT2D eigenvalue weighted by molar-refractivity contribution is 9.10. The minimum absolute atomic E-state index is 0.0316. The molecular formula is C19H18BrFN6O. The summed E-state index contributed by atoms with van der Waals surface area (Å²) in [5.41, 5.74) is 1.83. The maximum absolute atomic E-state index is 13.2. The van der Waals surface area contributed by atoms with Crippen molar-refractivity contribution in [1.82, 2.24) is 25.1 Å². The number of carbonyl (C=O) groups excluding carboxylic acids is 1. The summed E-state index contributed by atoms with van der Waals surface area (Å²) in [4.78, 5) is 23.4. The Kier molecular flexibility index (Phi) is 5.34. The number of H-pyrrole nitrogens is 1. The smallest absolute Gasteiger partial charge is 0.272 e. The monoisotopic (exact) mass is 444 g/mol. The molecule has 1 aliphatic rings. The van der Waals surface area contributed by atoms with Gasteiger partial charge in [-0.3, -0.25) is 9.89 Å². The molecule has 0 radical (unpaired) electrons. The molecule has 9 heteroatoms. The van der Waals surface area contributed by atoms with Gasteiger partial charge < -0.3 is 10.2 Å². The fourth-order valence-electron chi connectivity index (χ4n) is 3.37. The van der Waals surface area contributed by atoms with Crippen molar-refractivity contribution >= 4 is 27.8 Å². The number of aromatic amines is 1. The lowest BCUT2D eigenvalue weighted by molar-refractivity contribution is 0.0738. The maximum atomic E-state index is 13.2. The van der Waals surface area contributed by atoms with Crippen LogP contribution in [0.15, 0.2) is 47.3 Å². The molecule has 1 unspecified atom stereocenters. The Balaban J connectivity index is 1.49. The number of hydrogen-bond donors (Lipinski definition) is 2. The van der Waals surface area contributed by atoms with Crippen molar-refractivity contribution < 1.29 is 9.18 Å². The van der Waals surface area contributed by atoms with E-state index in [1.807, 2.05) is 4.90 Å². The Bertz CT molecular complexity index is 959. The first-order valence-corrected chi connectivity index (χ1v) is 9.73. The average molecular weight is 445 g/mol. The molecule has 0 spiro atoms. The number of hydrogen-bond acceptors (Lipinski definition) is 5. The topological polar surface area (TPSA) is 86.8 Å². The van der Waals surface area contributed by atoms with Crippen molar-refractivity contribution in [2.24, 2.45) is 0 Å². The van der Waals surface area contributed by atoms with E-state index < -0.39 is 0 Å². The summed E-state index contributed by atoms with van der Waals surface area (Å²) in [5, 5.41) is 10.0. The average Bonchev–Trinajstić information content (AvgIpc) is 3.37. The molecule has 1 amide bonds. The quantitative estimate of drug-likeness (QED) is 0.628. The lowest BCUT2D eigenvalue weighted by atomic mass is 10.1. The lowest BCUT2D eigenvalue weighted by Crippen LogP contribution is -2.40. The van der Waals surface area contributed by atoms with Gasteiger partial charge in [0.2, 0.25) is 5.95 Å². The Morgan fingerprint density at radius 3 is 2.75 bits per heavy atom. The van der Waals surface area contributed by atoms with Crippen LogP contribution in [0.1, 0.15) is 23.3 Å². The number of anilines is 1. The predicted octanol–water partition coefficient (Wildman–Crippen LogP) is 3.49. The summed E-state index contributed by atoms with van der Waals surface area (Å²) in [6.45, 7) is 1.24. The van der Waals surface area contributed by atoms with Crippen molar-refractivity contribution in [3.05, 3.63) is 58.8 Å². The van der Waals surface area contributed by atoms with Gasteiger partial charge >= 0.3 is 0 Å². The molecule has 1 atom stereocenters. The fourth-order valence-corrected chi connectivity index (χ4v) is 3.57. The Morgan fingerprint density at radius 2 is 2.00 bits per heavy atom. The molecule has 144 valence electrons. The third-order valence-electron chi connectivity index (χ3n) is 4.76. The molecule has 0 saturated carbocycles. The number of rotatable bonds is 5. The zero-order chi connectivity index (χ0) is 19.5. The SMILES string of the molecule is O=C(c1[nH]ncc1-c1ccc(F)cc1)N1CCCC1CNc1ncc(Br)cn1. The second-order valence-corrected chi connectivity index (χ2v) is 7.48. The fraction of sp³-hybridized carbons (Fsp3) is 0.263. The van der Waals surface area contributed by atoms with Crippen molar-refractivity contribution in [2.45, 2.75) is 18.9 Å². The molecule has 0 aliphatic carbocycles. The maximum Gasteiger partial charge on any atom is 0.272 e. The van der Waals surface area contributed by atoms with Gasteiger partial charge in [0.25, 0.3) is 5.91 Å². The third-order valence-corrected chi connectivity index (χ3v) is 5.17. The van der Waals surface area contributed by atoms with Crippen LogP contribution in [0.5, 0.6) is 0 Å². The number of nitrogens with zero attached hydrogens (tertiary/aromatic N) is 4. The van der Waals surface area contributed by atoms with Gasteiger partial charge in [-0.2, -0.15) is 5.10 Å². The van der Waals surface area contributed by atoms with E-state index in [2.05, 4.69) is 41.4 Å². The number of halogens is 2. The van der Waals surface area contributed by atoms with E-state index in [4.69, 9.17) is 0 Å². The summed E-state index contributed by atoms with van der Waals surface area (Å²) in [6, 6.07) is 6.06. The first kappa shape index (κ1) is 18.5. The summed E-state index contributed by atoms with van der Waals surface area (Å²) in [6.07, 6.45) is 6.77. The van der Waals surface area contributed by atoms with E-state index in [1.165, 1.54) is 12.1 Å². The minimum atomic E-state index is -0.319. The highest BCUT2D eigenvalue weighted by Crippen LogP contribution is 2.26. The Hall–Kier alpha value is -2.81. The molecule has 2 aromatic heterocycles. The first-order chi connectivity index (χ1) is 13.6. The molecular weight excluding hydrogens is 427 g/mol. The minimum Gasteiger partial charge on any atom is -0.352 e. The zero-order valence-corrected chi connectivity index (χ0v) is 16.5. The molecule has 0 bridgehead atoms.